The fourth-order valence-corrected chi connectivity index (χ4v) is 2.52. The van der Waals surface area contributed by atoms with Crippen molar-refractivity contribution in [1.82, 2.24) is 4.90 Å². The molecule has 0 N–H and O–H groups in total. The van der Waals surface area contributed by atoms with Crippen LogP contribution in [0.1, 0.15) is 31.9 Å². The first-order valence-electron chi connectivity index (χ1n) is 5.80. The van der Waals surface area contributed by atoms with Gasteiger partial charge in [-0.2, -0.15) is 0 Å². The normalized spacial score (nSPS) is 12.8. The van der Waals surface area contributed by atoms with Crippen molar-refractivity contribution in [3.8, 4) is 0 Å². The summed E-state index contributed by atoms with van der Waals surface area (Å²) < 4.78 is 1.19. The number of hydrogen-bond acceptors (Lipinski definition) is 1. The quantitative estimate of drug-likeness (QED) is 0.699. The molecule has 1 atom stereocenters. The van der Waals surface area contributed by atoms with E-state index in [0.29, 0.717) is 6.04 Å². The predicted octanol–water partition coefficient (Wildman–Crippen LogP) is 4.41. The predicted molar refractivity (Wildman–Crippen MR) is 74.6 cm³/mol. The van der Waals surface area contributed by atoms with E-state index in [1.807, 2.05) is 6.08 Å². The molecule has 0 aliphatic heterocycles. The molecule has 0 radical (unpaired) electrons. The number of rotatable bonds is 6. The van der Waals surface area contributed by atoms with E-state index in [-0.39, 0.29) is 0 Å². The van der Waals surface area contributed by atoms with E-state index < -0.39 is 0 Å². The van der Waals surface area contributed by atoms with Crippen LogP contribution < -0.4 is 0 Å². The molecule has 0 aliphatic carbocycles. The Bertz CT molecular complexity index is 335. The topological polar surface area (TPSA) is 3.24 Å². The minimum Gasteiger partial charge on any atom is -0.293 e. The van der Waals surface area contributed by atoms with Crippen LogP contribution in [0.3, 0.4) is 0 Å². The Balaban J connectivity index is 2.84. The molecule has 1 nitrogen and oxygen atoms in total. The van der Waals surface area contributed by atoms with Crippen LogP contribution in [0, 0.1) is 0 Å². The number of nitrogens with zero attached hydrogens (tertiary/aromatic N) is 1. The lowest BCUT2D eigenvalue weighted by molar-refractivity contribution is 0.234. The van der Waals surface area contributed by atoms with Gasteiger partial charge < -0.3 is 0 Å². The van der Waals surface area contributed by atoms with Gasteiger partial charge in [-0.3, -0.25) is 4.90 Å². The maximum atomic E-state index is 3.83. The van der Waals surface area contributed by atoms with Crippen molar-refractivity contribution < 1.29 is 0 Å². The average molecular weight is 282 g/mol. The minimum atomic E-state index is 0.425. The Hall–Kier alpha value is -0.600. The zero-order chi connectivity index (χ0) is 12.0. The van der Waals surface area contributed by atoms with Crippen LogP contribution in [0.15, 0.2) is 41.4 Å². The van der Waals surface area contributed by atoms with Gasteiger partial charge in [0.1, 0.15) is 0 Å². The first kappa shape index (κ1) is 13.5. The highest BCUT2D eigenvalue weighted by molar-refractivity contribution is 9.10. The van der Waals surface area contributed by atoms with Crippen LogP contribution >= 0.6 is 15.9 Å². The smallest absolute Gasteiger partial charge is 0.0334 e. The molecular formula is C14H20BrN. The van der Waals surface area contributed by atoms with Crippen molar-refractivity contribution in [2.45, 2.75) is 26.3 Å². The summed E-state index contributed by atoms with van der Waals surface area (Å²) >= 11 is 3.61. The summed E-state index contributed by atoms with van der Waals surface area (Å²) in [5.74, 6) is 0. The molecule has 1 aromatic rings. The van der Waals surface area contributed by atoms with Crippen molar-refractivity contribution in [3.05, 3.63) is 47.0 Å². The highest BCUT2D eigenvalue weighted by atomic mass is 79.9. The van der Waals surface area contributed by atoms with Gasteiger partial charge in [0.15, 0.2) is 0 Å². The molecule has 0 fully saturated rings. The van der Waals surface area contributed by atoms with E-state index >= 15 is 0 Å². The molecule has 1 aromatic carbocycles. The second-order valence-corrected chi connectivity index (χ2v) is 4.84. The Morgan fingerprint density at radius 3 is 2.69 bits per heavy atom. The van der Waals surface area contributed by atoms with Gasteiger partial charge in [-0.15, -0.1) is 6.58 Å². The van der Waals surface area contributed by atoms with Crippen LogP contribution in [0.2, 0.25) is 0 Å². The Morgan fingerprint density at radius 1 is 1.44 bits per heavy atom. The number of halogens is 1. The van der Waals surface area contributed by atoms with Crippen LogP contribution in [0.25, 0.3) is 0 Å². The van der Waals surface area contributed by atoms with Crippen LogP contribution in [-0.2, 0) is 0 Å². The molecule has 0 aromatic heterocycles. The zero-order valence-electron chi connectivity index (χ0n) is 10.1. The van der Waals surface area contributed by atoms with Crippen molar-refractivity contribution in [1.29, 1.82) is 0 Å². The Morgan fingerprint density at radius 2 is 2.12 bits per heavy atom. The molecule has 2 heteroatoms. The molecule has 1 rings (SSSR count). The molecule has 16 heavy (non-hydrogen) atoms. The van der Waals surface area contributed by atoms with Gasteiger partial charge in [-0.25, -0.2) is 0 Å². The van der Waals surface area contributed by atoms with Gasteiger partial charge in [0.2, 0.25) is 0 Å². The van der Waals surface area contributed by atoms with Gasteiger partial charge in [0.05, 0.1) is 0 Å². The molecule has 0 saturated carbocycles. The first-order chi connectivity index (χ1) is 7.70. The highest BCUT2D eigenvalue weighted by Crippen LogP contribution is 2.27. The van der Waals surface area contributed by atoms with Crippen LogP contribution in [0.4, 0.5) is 0 Å². The van der Waals surface area contributed by atoms with Gasteiger partial charge in [0.25, 0.3) is 0 Å². The lowest BCUT2D eigenvalue weighted by Gasteiger charge is -2.28. The summed E-state index contributed by atoms with van der Waals surface area (Å²) in [4.78, 5) is 2.44. The second-order valence-electron chi connectivity index (χ2n) is 3.98. The third-order valence-electron chi connectivity index (χ3n) is 2.78. The molecule has 0 aliphatic rings. The number of benzene rings is 1. The molecule has 0 spiro atoms. The third kappa shape index (κ3) is 3.46. The lowest BCUT2D eigenvalue weighted by atomic mass is 10.1. The van der Waals surface area contributed by atoms with Crippen molar-refractivity contribution in [2.75, 3.05) is 13.1 Å². The van der Waals surface area contributed by atoms with E-state index in [9.17, 15) is 0 Å². The molecule has 88 valence electrons. The Kier molecular flexibility index (Phi) is 5.78. The maximum absolute atomic E-state index is 3.83. The van der Waals surface area contributed by atoms with Crippen molar-refractivity contribution in [3.63, 3.8) is 0 Å². The van der Waals surface area contributed by atoms with E-state index in [4.69, 9.17) is 0 Å². The average Bonchev–Trinajstić information content (AvgIpc) is 2.28. The summed E-state index contributed by atoms with van der Waals surface area (Å²) in [5, 5.41) is 0. The summed E-state index contributed by atoms with van der Waals surface area (Å²) in [5.41, 5.74) is 1.35. The second kappa shape index (κ2) is 6.87. The Labute approximate surface area is 107 Å². The summed E-state index contributed by atoms with van der Waals surface area (Å²) in [6, 6.07) is 8.85. The van der Waals surface area contributed by atoms with E-state index in [1.165, 1.54) is 16.5 Å². The molecular weight excluding hydrogens is 262 g/mol. The van der Waals surface area contributed by atoms with E-state index in [1.54, 1.807) is 0 Å². The standard InChI is InChI=1S/C14H20BrN/c1-4-10-16(11-5-2)12(3)13-8-6-7-9-14(13)15/h4,6-9,12H,1,5,10-11H2,2-3H3. The summed E-state index contributed by atoms with van der Waals surface area (Å²) in [6.45, 7) is 10.3. The third-order valence-corrected chi connectivity index (χ3v) is 3.50. The minimum absolute atomic E-state index is 0.425. The summed E-state index contributed by atoms with van der Waals surface area (Å²) in [7, 11) is 0. The number of hydrogen-bond donors (Lipinski definition) is 0. The van der Waals surface area contributed by atoms with Gasteiger partial charge in [0, 0.05) is 17.1 Å². The molecule has 0 heterocycles. The zero-order valence-corrected chi connectivity index (χ0v) is 11.7. The fourth-order valence-electron chi connectivity index (χ4n) is 1.91. The van der Waals surface area contributed by atoms with Crippen molar-refractivity contribution >= 4 is 15.9 Å². The highest BCUT2D eigenvalue weighted by Gasteiger charge is 2.15. The maximum Gasteiger partial charge on any atom is 0.0334 e. The van der Waals surface area contributed by atoms with Gasteiger partial charge >= 0.3 is 0 Å². The largest absolute Gasteiger partial charge is 0.293 e. The van der Waals surface area contributed by atoms with Gasteiger partial charge in [-0.1, -0.05) is 47.1 Å². The van der Waals surface area contributed by atoms with Crippen molar-refractivity contribution in [2.24, 2.45) is 0 Å². The lowest BCUT2D eigenvalue weighted by Crippen LogP contribution is -2.28. The summed E-state index contributed by atoms with van der Waals surface area (Å²) in [6.07, 6.45) is 3.14. The first-order valence-corrected chi connectivity index (χ1v) is 6.59. The monoisotopic (exact) mass is 281 g/mol. The molecule has 0 amide bonds. The van der Waals surface area contributed by atoms with Crippen LogP contribution in [-0.4, -0.2) is 18.0 Å². The van der Waals surface area contributed by atoms with Crippen LogP contribution in [0.5, 0.6) is 0 Å². The molecule has 0 bridgehead atoms. The van der Waals surface area contributed by atoms with E-state index in [2.05, 4.69) is 65.5 Å². The molecule has 1 unspecified atom stereocenters. The van der Waals surface area contributed by atoms with Gasteiger partial charge in [-0.05, 0) is 31.5 Å². The SMILES string of the molecule is C=CCN(CCC)C(C)c1ccccc1Br. The fraction of sp³-hybridized carbons (Fsp3) is 0.429. The molecule has 0 saturated heterocycles. The van der Waals surface area contributed by atoms with E-state index in [0.717, 1.165) is 13.1 Å².